The Morgan fingerprint density at radius 2 is 2.27 bits per heavy atom. The Morgan fingerprint density at radius 3 is 3.23 bits per heavy atom. The molecule has 4 heterocycles. The molecule has 2 amide bonds. The molecule has 1 aromatic carbocycles. The van der Waals surface area contributed by atoms with E-state index in [-0.39, 0.29) is 23.6 Å². The molecule has 3 unspecified atom stereocenters. The molecule has 6 nitrogen and oxygen atoms in total. The molecule has 0 saturated carbocycles. The lowest BCUT2D eigenvalue weighted by Gasteiger charge is -2.33. The van der Waals surface area contributed by atoms with E-state index in [1.54, 1.807) is 11.8 Å². The van der Waals surface area contributed by atoms with E-state index < -0.39 is 0 Å². The first-order valence-electron chi connectivity index (χ1n) is 7.83. The summed E-state index contributed by atoms with van der Waals surface area (Å²) in [6.07, 6.45) is 1.94. The second-order valence-corrected chi connectivity index (χ2v) is 7.27. The molecule has 3 atom stereocenters. The lowest BCUT2D eigenvalue weighted by Crippen LogP contribution is -2.52. The molecular weight excluding hydrogens is 300 g/mol. The van der Waals surface area contributed by atoms with E-state index in [4.69, 9.17) is 4.74 Å². The summed E-state index contributed by atoms with van der Waals surface area (Å²) in [5.41, 5.74) is 2.38. The van der Waals surface area contributed by atoms with Crippen LogP contribution >= 0.6 is 11.8 Å². The number of hydrogen-bond acceptors (Lipinski definition) is 5. The van der Waals surface area contributed by atoms with E-state index in [1.165, 1.54) is 10.5 Å². The number of amides is 2. The number of thioether (sulfide) groups is 1. The highest BCUT2D eigenvalue weighted by atomic mass is 32.2. The van der Waals surface area contributed by atoms with Crippen molar-refractivity contribution >= 4 is 23.5 Å². The molecule has 4 aliphatic heterocycles. The molecule has 0 aliphatic carbocycles. The third kappa shape index (κ3) is 1.75. The fourth-order valence-corrected chi connectivity index (χ4v) is 5.11. The molecule has 1 aromatic rings. The molecule has 116 valence electrons. The molecule has 0 radical (unpaired) electrons. The van der Waals surface area contributed by atoms with Crippen LogP contribution in [0.3, 0.4) is 0 Å². The molecule has 2 fully saturated rings. The summed E-state index contributed by atoms with van der Waals surface area (Å²) in [6, 6.07) is 4.69. The van der Waals surface area contributed by atoms with Crippen molar-refractivity contribution < 1.29 is 9.53 Å². The smallest absolute Gasteiger partial charge is 0.320 e. The molecule has 0 bridgehead atoms. The largest absolute Gasteiger partial charge is 0.493 e. The normalized spacial score (nSPS) is 31.9. The van der Waals surface area contributed by atoms with Gasteiger partial charge in [-0.1, -0.05) is 11.8 Å². The van der Waals surface area contributed by atoms with Gasteiger partial charge >= 0.3 is 6.03 Å². The van der Waals surface area contributed by atoms with Gasteiger partial charge in [0.2, 0.25) is 0 Å². The predicted octanol–water partition coefficient (Wildman–Crippen LogP) is 1.18. The van der Waals surface area contributed by atoms with Gasteiger partial charge in [-0.3, -0.25) is 4.90 Å². The van der Waals surface area contributed by atoms with Crippen LogP contribution in [0.15, 0.2) is 17.0 Å². The molecule has 0 aromatic heterocycles. The van der Waals surface area contributed by atoms with Gasteiger partial charge in [0.25, 0.3) is 0 Å². The quantitative estimate of drug-likeness (QED) is 0.726. The van der Waals surface area contributed by atoms with E-state index in [1.807, 2.05) is 11.0 Å². The minimum Gasteiger partial charge on any atom is -0.493 e. The number of anilines is 1. The van der Waals surface area contributed by atoms with Crippen LogP contribution in [0.4, 0.5) is 10.5 Å². The van der Waals surface area contributed by atoms with Gasteiger partial charge in [0.15, 0.2) is 5.50 Å². The Hall–Kier alpha value is -1.60. The Kier molecular flexibility index (Phi) is 2.75. The summed E-state index contributed by atoms with van der Waals surface area (Å²) in [5, 5.41) is 10.1. The van der Waals surface area contributed by atoms with Crippen LogP contribution in [0.5, 0.6) is 5.75 Å². The van der Waals surface area contributed by atoms with Crippen molar-refractivity contribution in [3.8, 4) is 5.75 Å². The Balaban J connectivity index is 1.45. The van der Waals surface area contributed by atoms with Crippen molar-refractivity contribution in [2.45, 2.75) is 35.3 Å². The maximum absolute atomic E-state index is 12.4. The summed E-state index contributed by atoms with van der Waals surface area (Å²) in [5.74, 6) is 0.982. The van der Waals surface area contributed by atoms with Crippen LogP contribution in [0.25, 0.3) is 0 Å². The van der Waals surface area contributed by atoms with Gasteiger partial charge in [-0.15, -0.1) is 0 Å². The molecule has 5 rings (SSSR count). The summed E-state index contributed by atoms with van der Waals surface area (Å²) in [6.45, 7) is 2.59. The number of urea groups is 1. The molecule has 4 aliphatic rings. The number of ether oxygens (including phenoxy) is 1. The third-order valence-electron chi connectivity index (χ3n) is 4.95. The minimum atomic E-state index is -0.0306. The number of carbonyl (C=O) groups is 1. The van der Waals surface area contributed by atoms with Crippen molar-refractivity contribution in [2.24, 2.45) is 0 Å². The number of nitrogens with zero attached hydrogens (tertiary/aromatic N) is 1. The zero-order chi connectivity index (χ0) is 14.7. The summed E-state index contributed by atoms with van der Waals surface area (Å²) in [7, 11) is 0. The van der Waals surface area contributed by atoms with Gasteiger partial charge in [0.1, 0.15) is 5.75 Å². The maximum atomic E-state index is 12.4. The van der Waals surface area contributed by atoms with Gasteiger partial charge < -0.3 is 20.7 Å². The second-order valence-electron chi connectivity index (χ2n) is 6.15. The number of rotatable bonds is 1. The van der Waals surface area contributed by atoms with Crippen molar-refractivity contribution in [2.75, 3.05) is 25.0 Å². The van der Waals surface area contributed by atoms with Crippen molar-refractivity contribution in [1.29, 1.82) is 0 Å². The monoisotopic (exact) mass is 318 g/mol. The molecular formula is C15H18N4O2S. The van der Waals surface area contributed by atoms with Crippen LogP contribution in [0, 0.1) is 0 Å². The summed E-state index contributed by atoms with van der Waals surface area (Å²) >= 11 is 1.73. The molecule has 7 heteroatoms. The van der Waals surface area contributed by atoms with Gasteiger partial charge in [0.05, 0.1) is 24.4 Å². The first-order chi connectivity index (χ1) is 10.8. The number of piperidine rings is 1. The average Bonchev–Trinajstić information content (AvgIpc) is 3.20. The van der Waals surface area contributed by atoms with E-state index in [2.05, 4.69) is 22.0 Å². The molecule has 3 N–H and O–H groups in total. The van der Waals surface area contributed by atoms with E-state index in [0.29, 0.717) is 0 Å². The molecule has 0 spiro atoms. The number of nitrogens with one attached hydrogen (secondary N) is 3. The van der Waals surface area contributed by atoms with Gasteiger partial charge in [-0.2, -0.15) is 0 Å². The highest BCUT2D eigenvalue weighted by molar-refractivity contribution is 8.00. The van der Waals surface area contributed by atoms with E-state index in [9.17, 15) is 4.79 Å². The van der Waals surface area contributed by atoms with Crippen LogP contribution < -0.4 is 20.7 Å². The topological polar surface area (TPSA) is 65.6 Å². The number of hydrogen-bond donors (Lipinski definition) is 3. The zero-order valence-corrected chi connectivity index (χ0v) is 12.9. The molecule has 22 heavy (non-hydrogen) atoms. The molecule has 2 saturated heterocycles. The standard InChI is InChI=1S/C15H18N4O2S/c20-14-17-9-3-5-16-7-10(9)19(14)15-18-13-8-4-6-21-11(8)1-2-12(13)22-15/h1-2,9-10,15-16,18H,3-7H2,(H,17,20). The first kappa shape index (κ1) is 12.9. The lowest BCUT2D eigenvalue weighted by molar-refractivity contribution is 0.194. The fraction of sp³-hybridized carbons (Fsp3) is 0.533. The van der Waals surface area contributed by atoms with Crippen LogP contribution in [-0.4, -0.2) is 48.2 Å². The van der Waals surface area contributed by atoms with Crippen LogP contribution in [-0.2, 0) is 6.42 Å². The predicted molar refractivity (Wildman–Crippen MR) is 84.3 cm³/mol. The number of fused-ring (bicyclic) bond motifs is 4. The Labute approximate surface area is 133 Å². The van der Waals surface area contributed by atoms with Crippen LogP contribution in [0.2, 0.25) is 0 Å². The van der Waals surface area contributed by atoms with Gasteiger partial charge in [-0.25, -0.2) is 4.79 Å². The Bertz CT molecular complexity index is 653. The first-order valence-corrected chi connectivity index (χ1v) is 8.70. The summed E-state index contributed by atoms with van der Waals surface area (Å²) in [4.78, 5) is 15.6. The Morgan fingerprint density at radius 1 is 1.32 bits per heavy atom. The van der Waals surface area contributed by atoms with E-state index >= 15 is 0 Å². The minimum absolute atomic E-state index is 0.0306. The fourth-order valence-electron chi connectivity index (χ4n) is 3.88. The van der Waals surface area contributed by atoms with E-state index in [0.717, 1.165) is 44.0 Å². The lowest BCUT2D eigenvalue weighted by atomic mass is 10.0. The third-order valence-corrected chi connectivity index (χ3v) is 6.11. The number of carbonyl (C=O) groups excluding carboxylic acids is 1. The average molecular weight is 318 g/mol. The second kappa shape index (κ2) is 4.70. The van der Waals surface area contributed by atoms with Crippen molar-refractivity contribution in [1.82, 2.24) is 15.5 Å². The van der Waals surface area contributed by atoms with Crippen molar-refractivity contribution in [3.63, 3.8) is 0 Å². The highest BCUT2D eigenvalue weighted by Crippen LogP contribution is 2.47. The van der Waals surface area contributed by atoms with Gasteiger partial charge in [-0.05, 0) is 25.1 Å². The maximum Gasteiger partial charge on any atom is 0.320 e. The SMILES string of the molecule is O=C1NC2CCNCC2N1C1Nc2c(ccc3c2CCO3)S1. The van der Waals surface area contributed by atoms with Gasteiger partial charge in [0, 0.05) is 23.4 Å². The highest BCUT2D eigenvalue weighted by Gasteiger charge is 2.46. The summed E-state index contributed by atoms with van der Waals surface area (Å²) < 4.78 is 5.64. The van der Waals surface area contributed by atoms with Crippen LogP contribution in [0.1, 0.15) is 12.0 Å². The number of benzene rings is 1. The van der Waals surface area contributed by atoms with Crippen molar-refractivity contribution in [3.05, 3.63) is 17.7 Å². The zero-order valence-electron chi connectivity index (χ0n) is 12.1.